The number of methoxy groups -OCH3 is 1. The minimum Gasteiger partial charge on any atom is -0.463 e. The van der Waals surface area contributed by atoms with Gasteiger partial charge in [0.25, 0.3) is 0 Å². The van der Waals surface area contributed by atoms with Gasteiger partial charge in [0.2, 0.25) is 0 Å². The zero-order valence-electron chi connectivity index (χ0n) is 14.0. The Hall–Kier alpha value is -1.35. The van der Waals surface area contributed by atoms with E-state index >= 15 is 0 Å². The second kappa shape index (κ2) is 8.94. The van der Waals surface area contributed by atoms with E-state index in [1.165, 1.54) is 36.8 Å². The highest BCUT2D eigenvalue weighted by molar-refractivity contribution is 5.92. The second-order valence-corrected chi connectivity index (χ2v) is 5.96. The van der Waals surface area contributed by atoms with Crippen LogP contribution >= 0.6 is 0 Å². The molecular formula is C19H28O3. The number of hydrogen-bond donors (Lipinski definition) is 0. The van der Waals surface area contributed by atoms with Crippen LogP contribution < -0.4 is 0 Å². The predicted octanol–water partition coefficient (Wildman–Crippen LogP) is 4.49. The topological polar surface area (TPSA) is 35.5 Å². The van der Waals surface area contributed by atoms with Gasteiger partial charge >= 0.3 is 5.97 Å². The Labute approximate surface area is 134 Å². The van der Waals surface area contributed by atoms with Crippen LogP contribution in [-0.4, -0.2) is 26.3 Å². The fraction of sp³-hybridized carbons (Fsp3) is 0.632. The van der Waals surface area contributed by atoms with E-state index in [-0.39, 0.29) is 5.97 Å². The molecule has 2 rings (SSSR count). The van der Waals surface area contributed by atoms with Gasteiger partial charge in [0.1, 0.15) is 0 Å². The number of allylic oxidation sites excluding steroid dienone is 5. The third-order valence-corrected chi connectivity index (χ3v) is 4.34. The van der Waals surface area contributed by atoms with Gasteiger partial charge in [-0.3, -0.25) is 0 Å². The standard InChI is InChI=1S/C19H28O3/c1-3-22-19(20)17(14-21-2)18(15-10-6-4-7-11-15)16-12-8-5-9-13-16/h10,12H,3-9,11,13-14H2,1-2H3. The molecular weight excluding hydrogens is 276 g/mol. The van der Waals surface area contributed by atoms with Crippen LogP contribution in [0.15, 0.2) is 34.4 Å². The van der Waals surface area contributed by atoms with E-state index in [9.17, 15) is 4.79 Å². The molecule has 0 radical (unpaired) electrons. The molecule has 0 atom stereocenters. The Kier molecular flexibility index (Phi) is 6.91. The third-order valence-electron chi connectivity index (χ3n) is 4.34. The Morgan fingerprint density at radius 2 is 1.64 bits per heavy atom. The summed E-state index contributed by atoms with van der Waals surface area (Å²) in [5.74, 6) is -0.225. The van der Waals surface area contributed by atoms with Gasteiger partial charge in [0.15, 0.2) is 0 Å². The highest BCUT2D eigenvalue weighted by atomic mass is 16.5. The quantitative estimate of drug-likeness (QED) is 0.535. The molecule has 2 aliphatic carbocycles. The van der Waals surface area contributed by atoms with E-state index in [0.717, 1.165) is 31.3 Å². The van der Waals surface area contributed by atoms with E-state index < -0.39 is 0 Å². The molecule has 0 aromatic rings. The molecule has 0 aromatic carbocycles. The molecule has 0 fully saturated rings. The lowest BCUT2D eigenvalue weighted by molar-refractivity contribution is -0.139. The van der Waals surface area contributed by atoms with Gasteiger partial charge in [-0.05, 0) is 75.0 Å². The maximum atomic E-state index is 12.4. The molecule has 0 heterocycles. The first-order valence-electron chi connectivity index (χ1n) is 8.56. The molecule has 0 unspecified atom stereocenters. The fourth-order valence-corrected chi connectivity index (χ4v) is 3.32. The van der Waals surface area contributed by atoms with Gasteiger partial charge in [0.05, 0.1) is 18.8 Å². The number of ether oxygens (including phenoxy) is 2. The van der Waals surface area contributed by atoms with E-state index in [1.54, 1.807) is 7.11 Å². The zero-order valence-corrected chi connectivity index (χ0v) is 14.0. The zero-order chi connectivity index (χ0) is 15.8. The summed E-state index contributed by atoms with van der Waals surface area (Å²) >= 11 is 0. The average molecular weight is 304 g/mol. The SMILES string of the molecule is CCOC(=O)C(COC)=C(C1=CCCCC1)C1=CCCCC1. The molecule has 0 saturated heterocycles. The van der Waals surface area contributed by atoms with Gasteiger partial charge in [-0.15, -0.1) is 0 Å². The van der Waals surface area contributed by atoms with Crippen molar-refractivity contribution in [2.24, 2.45) is 0 Å². The molecule has 0 bridgehead atoms. The van der Waals surface area contributed by atoms with Crippen LogP contribution in [0.4, 0.5) is 0 Å². The van der Waals surface area contributed by atoms with Crippen LogP contribution in [0.1, 0.15) is 58.3 Å². The molecule has 0 N–H and O–H groups in total. The van der Waals surface area contributed by atoms with E-state index in [1.807, 2.05) is 6.92 Å². The van der Waals surface area contributed by atoms with E-state index in [0.29, 0.717) is 18.8 Å². The number of carbonyl (C=O) groups is 1. The number of hydrogen-bond acceptors (Lipinski definition) is 3. The first-order valence-corrected chi connectivity index (χ1v) is 8.56. The second-order valence-electron chi connectivity index (χ2n) is 5.96. The number of rotatable bonds is 6. The van der Waals surface area contributed by atoms with Gasteiger partial charge in [-0.1, -0.05) is 12.2 Å². The van der Waals surface area contributed by atoms with Crippen molar-refractivity contribution in [1.29, 1.82) is 0 Å². The highest BCUT2D eigenvalue weighted by Gasteiger charge is 2.23. The fourth-order valence-electron chi connectivity index (χ4n) is 3.32. The Balaban J connectivity index is 2.46. The summed E-state index contributed by atoms with van der Waals surface area (Å²) in [7, 11) is 1.64. The summed E-state index contributed by atoms with van der Waals surface area (Å²) in [6.45, 7) is 2.57. The van der Waals surface area contributed by atoms with Crippen molar-refractivity contribution in [3.05, 3.63) is 34.4 Å². The van der Waals surface area contributed by atoms with Crippen LogP contribution in [0.5, 0.6) is 0 Å². The summed E-state index contributed by atoms with van der Waals surface area (Å²) in [6.07, 6.45) is 13.8. The first kappa shape index (κ1) is 17.0. The lowest BCUT2D eigenvalue weighted by Crippen LogP contribution is -2.17. The van der Waals surface area contributed by atoms with Gasteiger partial charge in [-0.25, -0.2) is 4.79 Å². The van der Waals surface area contributed by atoms with Crippen molar-refractivity contribution in [2.75, 3.05) is 20.3 Å². The largest absolute Gasteiger partial charge is 0.463 e. The monoisotopic (exact) mass is 304 g/mol. The van der Waals surface area contributed by atoms with Crippen LogP contribution in [-0.2, 0) is 14.3 Å². The van der Waals surface area contributed by atoms with Crippen molar-refractivity contribution >= 4 is 5.97 Å². The molecule has 122 valence electrons. The summed E-state index contributed by atoms with van der Waals surface area (Å²) < 4.78 is 10.6. The first-order chi connectivity index (χ1) is 10.8. The normalized spacial score (nSPS) is 18.3. The van der Waals surface area contributed by atoms with Crippen LogP contribution in [0, 0.1) is 0 Å². The number of carbonyl (C=O) groups excluding carboxylic acids is 1. The molecule has 0 saturated carbocycles. The Morgan fingerprint density at radius 1 is 1.05 bits per heavy atom. The van der Waals surface area contributed by atoms with Crippen molar-refractivity contribution < 1.29 is 14.3 Å². The van der Waals surface area contributed by atoms with Gasteiger partial charge in [0, 0.05) is 7.11 Å². The van der Waals surface area contributed by atoms with Crippen molar-refractivity contribution in [3.63, 3.8) is 0 Å². The lowest BCUT2D eigenvalue weighted by Gasteiger charge is -2.24. The third kappa shape index (κ3) is 4.33. The van der Waals surface area contributed by atoms with Crippen LogP contribution in [0.2, 0.25) is 0 Å². The minimum absolute atomic E-state index is 0.225. The molecule has 0 spiro atoms. The summed E-state index contributed by atoms with van der Waals surface area (Å²) in [5.41, 5.74) is 4.46. The van der Waals surface area contributed by atoms with Crippen LogP contribution in [0.3, 0.4) is 0 Å². The molecule has 3 nitrogen and oxygen atoms in total. The number of esters is 1. The molecule has 3 heteroatoms. The molecule has 22 heavy (non-hydrogen) atoms. The Bertz CT molecular complexity index is 455. The lowest BCUT2D eigenvalue weighted by atomic mass is 9.82. The minimum atomic E-state index is -0.225. The summed E-state index contributed by atoms with van der Waals surface area (Å²) in [6, 6.07) is 0. The smallest absolute Gasteiger partial charge is 0.336 e. The van der Waals surface area contributed by atoms with Crippen molar-refractivity contribution in [2.45, 2.75) is 58.3 Å². The van der Waals surface area contributed by atoms with E-state index in [2.05, 4.69) is 12.2 Å². The van der Waals surface area contributed by atoms with Gasteiger partial charge in [-0.2, -0.15) is 0 Å². The molecule has 0 amide bonds. The van der Waals surface area contributed by atoms with Crippen LogP contribution in [0.25, 0.3) is 0 Å². The molecule has 0 aliphatic heterocycles. The predicted molar refractivity (Wildman–Crippen MR) is 88.6 cm³/mol. The Morgan fingerprint density at radius 3 is 2.05 bits per heavy atom. The van der Waals surface area contributed by atoms with Gasteiger partial charge < -0.3 is 9.47 Å². The maximum absolute atomic E-state index is 12.4. The summed E-state index contributed by atoms with van der Waals surface area (Å²) in [5, 5.41) is 0. The van der Waals surface area contributed by atoms with E-state index in [4.69, 9.17) is 9.47 Å². The molecule has 2 aliphatic rings. The molecule has 0 aromatic heterocycles. The average Bonchev–Trinajstić information content (AvgIpc) is 2.56. The highest BCUT2D eigenvalue weighted by Crippen LogP contribution is 2.35. The van der Waals surface area contributed by atoms with Crippen molar-refractivity contribution in [3.8, 4) is 0 Å². The van der Waals surface area contributed by atoms with Crippen molar-refractivity contribution in [1.82, 2.24) is 0 Å². The maximum Gasteiger partial charge on any atom is 0.336 e. The summed E-state index contributed by atoms with van der Waals surface area (Å²) in [4.78, 5) is 12.4.